The maximum Gasteiger partial charge on any atom is 0.0641 e. The summed E-state index contributed by atoms with van der Waals surface area (Å²) in [6, 6.07) is 103. The molecule has 17 rings (SSSR count). The van der Waals surface area contributed by atoms with Gasteiger partial charge in [0.1, 0.15) is 0 Å². The van der Waals surface area contributed by atoms with Crippen molar-refractivity contribution in [3.63, 3.8) is 0 Å². The van der Waals surface area contributed by atoms with Crippen molar-refractivity contribution in [3.8, 4) is 22.3 Å². The van der Waals surface area contributed by atoms with Gasteiger partial charge in [-0.1, -0.05) is 194 Å². The molecule has 0 spiro atoms. The standard InChI is InChI=1S/C74H46N4/c1-5-25-49(26-6-1)75(50-27-7-2-8-28-50)65-43-41-59-61-45-68-62(46-67(61)77-63-39-19-37-57(69(63)71(65)73(59)77)55-35-17-23-47-21-13-15-33-53(47)55)60-42-44-66(76(51-29-9-3-10-30-51)52-31-11-4-12-32-52)72-70-58(38-20-40-64(70)78(68)74(60)72)56-36-18-24-48-22-14-16-34-54(48)56/h1-46H. The molecule has 0 radical (unpaired) electrons. The van der Waals surface area contributed by atoms with Crippen LogP contribution in [0.5, 0.6) is 0 Å². The first kappa shape index (κ1) is 42.9. The van der Waals surface area contributed by atoms with Gasteiger partial charge in [0.05, 0.1) is 44.5 Å². The topological polar surface area (TPSA) is 15.3 Å². The third kappa shape index (κ3) is 6.00. The summed E-state index contributed by atoms with van der Waals surface area (Å²) in [7, 11) is 0. The van der Waals surface area contributed by atoms with E-state index in [1.165, 1.54) is 120 Å². The molecule has 4 aromatic heterocycles. The third-order valence-electron chi connectivity index (χ3n) is 16.7. The van der Waals surface area contributed by atoms with Gasteiger partial charge < -0.3 is 18.6 Å². The molecular weight excluding hydrogens is 945 g/mol. The Morgan fingerprint density at radius 1 is 0.218 bits per heavy atom. The highest BCUT2D eigenvalue weighted by Gasteiger charge is 2.30. The molecule has 0 saturated heterocycles. The Morgan fingerprint density at radius 2 is 0.551 bits per heavy atom. The molecule has 13 aromatic carbocycles. The summed E-state index contributed by atoms with van der Waals surface area (Å²) >= 11 is 0. The molecule has 0 aliphatic heterocycles. The van der Waals surface area contributed by atoms with E-state index in [4.69, 9.17) is 0 Å². The lowest BCUT2D eigenvalue weighted by atomic mass is 9.93. The van der Waals surface area contributed by atoms with Crippen LogP contribution in [0, 0.1) is 0 Å². The van der Waals surface area contributed by atoms with E-state index in [2.05, 4.69) is 298 Å². The first-order valence-corrected chi connectivity index (χ1v) is 26.9. The maximum atomic E-state index is 2.59. The number of fused-ring (bicyclic) bond motifs is 14. The van der Waals surface area contributed by atoms with Crippen molar-refractivity contribution in [3.05, 3.63) is 279 Å². The van der Waals surface area contributed by atoms with Crippen LogP contribution in [0.3, 0.4) is 0 Å². The number of rotatable bonds is 8. The van der Waals surface area contributed by atoms with Gasteiger partial charge >= 0.3 is 0 Å². The van der Waals surface area contributed by atoms with E-state index in [0.29, 0.717) is 0 Å². The Labute approximate surface area is 449 Å². The van der Waals surface area contributed by atoms with Gasteiger partial charge in [-0.3, -0.25) is 0 Å². The van der Waals surface area contributed by atoms with E-state index >= 15 is 0 Å². The van der Waals surface area contributed by atoms with Gasteiger partial charge in [0.25, 0.3) is 0 Å². The zero-order valence-corrected chi connectivity index (χ0v) is 42.3. The molecule has 17 aromatic rings. The fraction of sp³-hybridized carbons (Fsp3) is 0. The summed E-state index contributed by atoms with van der Waals surface area (Å²) in [5.41, 5.74) is 18.8. The lowest BCUT2D eigenvalue weighted by Crippen LogP contribution is -2.10. The molecule has 4 heteroatoms. The van der Waals surface area contributed by atoms with E-state index in [0.717, 1.165) is 34.1 Å². The molecule has 0 bridgehead atoms. The van der Waals surface area contributed by atoms with Crippen molar-refractivity contribution in [2.24, 2.45) is 0 Å². The average Bonchev–Trinajstić information content (AvgIpc) is 4.40. The fourth-order valence-corrected chi connectivity index (χ4v) is 13.6. The smallest absolute Gasteiger partial charge is 0.0641 e. The Balaban J connectivity index is 1.03. The highest BCUT2D eigenvalue weighted by molar-refractivity contribution is 6.34. The zero-order chi connectivity index (χ0) is 51.0. The number of nitrogens with zero attached hydrogens (tertiary/aromatic N) is 4. The number of benzene rings is 13. The summed E-state index contributed by atoms with van der Waals surface area (Å²) in [6.45, 7) is 0. The Morgan fingerprint density at radius 3 is 0.949 bits per heavy atom. The molecule has 0 saturated carbocycles. The van der Waals surface area contributed by atoms with Crippen molar-refractivity contribution < 1.29 is 0 Å². The van der Waals surface area contributed by atoms with E-state index in [1.54, 1.807) is 0 Å². The highest BCUT2D eigenvalue weighted by Crippen LogP contribution is 2.54. The predicted molar refractivity (Wildman–Crippen MR) is 331 cm³/mol. The second-order valence-electron chi connectivity index (χ2n) is 20.7. The van der Waals surface area contributed by atoms with Gasteiger partial charge in [0.15, 0.2) is 0 Å². The van der Waals surface area contributed by atoms with Crippen LogP contribution in [-0.4, -0.2) is 8.80 Å². The van der Waals surface area contributed by atoms with Crippen LogP contribution in [0.25, 0.3) is 120 Å². The number of anilines is 6. The lowest BCUT2D eigenvalue weighted by molar-refractivity contribution is 1.30. The average molecular weight is 991 g/mol. The minimum atomic E-state index is 1.11. The maximum absolute atomic E-state index is 2.59. The Hall–Kier alpha value is -10.4. The van der Waals surface area contributed by atoms with Crippen molar-refractivity contribution in [1.82, 2.24) is 8.80 Å². The van der Waals surface area contributed by atoms with Crippen molar-refractivity contribution in [1.29, 1.82) is 0 Å². The Bertz CT molecular complexity index is 4780. The number of hydrogen-bond acceptors (Lipinski definition) is 2. The second-order valence-corrected chi connectivity index (χ2v) is 20.7. The molecule has 0 amide bonds. The molecule has 0 aliphatic rings. The summed E-state index contributed by atoms with van der Waals surface area (Å²) in [6.07, 6.45) is 0. The minimum absolute atomic E-state index is 1.11. The molecule has 0 N–H and O–H groups in total. The van der Waals surface area contributed by atoms with Crippen LogP contribution >= 0.6 is 0 Å². The molecule has 362 valence electrons. The van der Waals surface area contributed by atoms with Crippen molar-refractivity contribution in [2.75, 3.05) is 9.80 Å². The number of para-hydroxylation sites is 4. The SMILES string of the molecule is c1ccc(N(c2ccccc2)c2ccc3c4cc5c(cc4n4c6cccc(-c7cccc8ccccc78)c6c2c34)c2ccc(N(c3ccccc3)c3ccccc3)c3c4c(-c6cccc7ccccc67)cccc4n5c23)cc1. The van der Waals surface area contributed by atoms with E-state index in [9.17, 15) is 0 Å². The molecule has 0 atom stereocenters. The van der Waals surface area contributed by atoms with E-state index in [1.807, 2.05) is 0 Å². The highest BCUT2D eigenvalue weighted by atomic mass is 15.2. The minimum Gasteiger partial charge on any atom is -0.310 e. The molecule has 0 fully saturated rings. The van der Waals surface area contributed by atoms with Crippen LogP contribution in [0.1, 0.15) is 0 Å². The normalized spacial score (nSPS) is 12.1. The van der Waals surface area contributed by atoms with Gasteiger partial charge in [-0.2, -0.15) is 0 Å². The van der Waals surface area contributed by atoms with Gasteiger partial charge in [0.2, 0.25) is 0 Å². The number of aromatic nitrogens is 2. The molecule has 4 heterocycles. The first-order chi connectivity index (χ1) is 38.8. The fourth-order valence-electron chi connectivity index (χ4n) is 13.6. The predicted octanol–water partition coefficient (Wildman–Crippen LogP) is 20.6. The Kier molecular flexibility index (Phi) is 9.09. The van der Waals surface area contributed by atoms with Gasteiger partial charge in [0, 0.05) is 65.8 Å². The van der Waals surface area contributed by atoms with Crippen molar-refractivity contribution in [2.45, 2.75) is 0 Å². The van der Waals surface area contributed by atoms with Crippen LogP contribution in [0.2, 0.25) is 0 Å². The molecular formula is C74H46N4. The molecule has 78 heavy (non-hydrogen) atoms. The van der Waals surface area contributed by atoms with Crippen LogP contribution in [0.15, 0.2) is 279 Å². The second kappa shape index (κ2) is 16.5. The van der Waals surface area contributed by atoms with Crippen LogP contribution in [0.4, 0.5) is 34.1 Å². The van der Waals surface area contributed by atoms with E-state index < -0.39 is 0 Å². The summed E-state index contributed by atoms with van der Waals surface area (Å²) in [4.78, 5) is 4.90. The van der Waals surface area contributed by atoms with Crippen molar-refractivity contribution >= 4 is 132 Å². The van der Waals surface area contributed by atoms with Gasteiger partial charge in [-0.05, 0) is 129 Å². The lowest BCUT2D eigenvalue weighted by Gasteiger charge is -2.26. The molecule has 4 nitrogen and oxygen atoms in total. The van der Waals surface area contributed by atoms with Crippen LogP contribution in [-0.2, 0) is 0 Å². The van der Waals surface area contributed by atoms with Crippen LogP contribution < -0.4 is 9.80 Å². The van der Waals surface area contributed by atoms with Gasteiger partial charge in [-0.25, -0.2) is 0 Å². The van der Waals surface area contributed by atoms with E-state index in [-0.39, 0.29) is 0 Å². The summed E-state index contributed by atoms with van der Waals surface area (Å²) < 4.78 is 5.18. The monoisotopic (exact) mass is 990 g/mol. The third-order valence-corrected chi connectivity index (χ3v) is 16.7. The zero-order valence-electron chi connectivity index (χ0n) is 42.3. The number of hydrogen-bond donors (Lipinski definition) is 0. The first-order valence-electron chi connectivity index (χ1n) is 26.9. The largest absolute Gasteiger partial charge is 0.310 e. The quantitative estimate of drug-likeness (QED) is 0.151. The van der Waals surface area contributed by atoms with Gasteiger partial charge in [-0.15, -0.1) is 0 Å². The molecule has 0 unspecified atom stereocenters. The molecule has 0 aliphatic carbocycles. The summed E-state index contributed by atoms with van der Waals surface area (Å²) in [5, 5.41) is 14.8. The summed E-state index contributed by atoms with van der Waals surface area (Å²) in [5.74, 6) is 0.